The number of rotatable bonds is 11. The molecule has 0 aliphatic rings. The Bertz CT molecular complexity index is 216. The molecular weight excluding hydrogens is 254 g/mol. The van der Waals surface area contributed by atoms with Gasteiger partial charge in [0.25, 0.3) is 0 Å². The SMILES string of the molecule is C=CC[N+](CCCC)(CCCC)CCCC.O=C([O-])O. The Kier molecular flexibility index (Phi) is 15.3. The van der Waals surface area contributed by atoms with E-state index in [4.69, 9.17) is 15.0 Å². The second-order valence-corrected chi connectivity index (χ2v) is 5.31. The van der Waals surface area contributed by atoms with Crippen molar-refractivity contribution in [1.29, 1.82) is 0 Å². The second-order valence-electron chi connectivity index (χ2n) is 5.31. The fourth-order valence-corrected chi connectivity index (χ4v) is 2.36. The molecule has 0 radical (unpaired) electrons. The summed E-state index contributed by atoms with van der Waals surface area (Å²) in [6.45, 7) is 16.1. The Hall–Kier alpha value is -1.03. The molecule has 0 spiro atoms. The minimum atomic E-state index is -2.08. The summed E-state index contributed by atoms with van der Waals surface area (Å²) in [5.41, 5.74) is 0. The predicted molar refractivity (Wildman–Crippen MR) is 82.7 cm³/mol. The Morgan fingerprint density at radius 3 is 1.55 bits per heavy atom. The van der Waals surface area contributed by atoms with Gasteiger partial charge in [-0.05, 0) is 25.3 Å². The molecule has 1 N–H and O–H groups in total. The molecule has 120 valence electrons. The molecule has 0 unspecified atom stereocenters. The maximum Gasteiger partial charge on any atom is 0.249 e. The van der Waals surface area contributed by atoms with E-state index in [2.05, 4.69) is 33.4 Å². The molecule has 4 heteroatoms. The molecule has 0 aromatic rings. The molecule has 0 saturated carbocycles. The van der Waals surface area contributed by atoms with Crippen LogP contribution in [0.15, 0.2) is 12.7 Å². The van der Waals surface area contributed by atoms with Gasteiger partial charge in [-0.2, -0.15) is 0 Å². The number of quaternary nitrogens is 1. The molecule has 0 aromatic carbocycles. The monoisotopic (exact) mass is 287 g/mol. The molecule has 0 aromatic heterocycles. The van der Waals surface area contributed by atoms with E-state index in [1.54, 1.807) is 0 Å². The lowest BCUT2D eigenvalue weighted by molar-refractivity contribution is -0.923. The van der Waals surface area contributed by atoms with Crippen molar-refractivity contribution in [1.82, 2.24) is 0 Å². The van der Waals surface area contributed by atoms with Crippen molar-refractivity contribution in [3.05, 3.63) is 12.7 Å². The average Bonchev–Trinajstić information content (AvgIpc) is 2.40. The third kappa shape index (κ3) is 13.4. The van der Waals surface area contributed by atoms with E-state index in [0.717, 1.165) is 0 Å². The lowest BCUT2D eigenvalue weighted by Gasteiger charge is -2.38. The first kappa shape index (κ1) is 21.3. The van der Waals surface area contributed by atoms with Crippen LogP contribution in [0, 0.1) is 0 Å². The highest BCUT2D eigenvalue weighted by atomic mass is 16.6. The van der Waals surface area contributed by atoms with Crippen LogP contribution < -0.4 is 5.11 Å². The van der Waals surface area contributed by atoms with E-state index in [-0.39, 0.29) is 0 Å². The van der Waals surface area contributed by atoms with Gasteiger partial charge in [-0.3, -0.25) is 0 Å². The second kappa shape index (κ2) is 14.4. The molecule has 0 aliphatic carbocycles. The van der Waals surface area contributed by atoms with E-state index in [1.807, 2.05) is 0 Å². The summed E-state index contributed by atoms with van der Waals surface area (Å²) in [6.07, 6.45) is 8.07. The van der Waals surface area contributed by atoms with Crippen molar-refractivity contribution in [3.8, 4) is 0 Å². The van der Waals surface area contributed by atoms with E-state index in [9.17, 15) is 0 Å². The third-order valence-corrected chi connectivity index (χ3v) is 3.47. The molecular formula is C16H33NO3. The van der Waals surface area contributed by atoms with E-state index < -0.39 is 6.16 Å². The number of carboxylic acid groups (broad SMARTS) is 2. The van der Waals surface area contributed by atoms with Crippen LogP contribution in [0.5, 0.6) is 0 Å². The highest BCUT2D eigenvalue weighted by molar-refractivity contribution is 5.50. The highest BCUT2D eigenvalue weighted by Crippen LogP contribution is 2.14. The number of nitrogens with zero attached hydrogens (tertiary/aromatic N) is 1. The normalized spacial score (nSPS) is 10.6. The Morgan fingerprint density at radius 1 is 1.05 bits per heavy atom. The van der Waals surface area contributed by atoms with Gasteiger partial charge in [0, 0.05) is 0 Å². The maximum atomic E-state index is 8.44. The lowest BCUT2D eigenvalue weighted by Crippen LogP contribution is -2.50. The minimum absolute atomic E-state index is 1.17. The Labute approximate surface area is 124 Å². The van der Waals surface area contributed by atoms with Gasteiger partial charge in [-0.1, -0.05) is 46.6 Å². The number of carbonyl (C=O) groups is 1. The van der Waals surface area contributed by atoms with Crippen LogP contribution in [0.2, 0.25) is 0 Å². The molecule has 0 rings (SSSR count). The summed E-state index contributed by atoms with van der Waals surface area (Å²) in [7, 11) is 0. The fourth-order valence-electron chi connectivity index (χ4n) is 2.36. The van der Waals surface area contributed by atoms with Gasteiger partial charge >= 0.3 is 0 Å². The van der Waals surface area contributed by atoms with Gasteiger partial charge in [-0.15, -0.1) is 0 Å². The molecule has 0 aliphatic heterocycles. The number of hydrogen-bond acceptors (Lipinski definition) is 2. The summed E-state index contributed by atoms with van der Waals surface area (Å²) in [5.74, 6) is 0. The Balaban J connectivity index is 0. The topological polar surface area (TPSA) is 60.4 Å². The molecule has 0 saturated heterocycles. The van der Waals surface area contributed by atoms with Crippen molar-refractivity contribution in [2.45, 2.75) is 59.3 Å². The summed E-state index contributed by atoms with van der Waals surface area (Å²) < 4.78 is 1.29. The molecule has 0 atom stereocenters. The van der Waals surface area contributed by atoms with Crippen LogP contribution in [0.1, 0.15) is 59.3 Å². The van der Waals surface area contributed by atoms with Gasteiger partial charge in [0.1, 0.15) is 0 Å². The summed E-state index contributed by atoms with van der Waals surface area (Å²) in [5, 5.41) is 15.3. The van der Waals surface area contributed by atoms with Gasteiger partial charge < -0.3 is 19.5 Å². The van der Waals surface area contributed by atoms with E-state index in [0.29, 0.717) is 0 Å². The van der Waals surface area contributed by atoms with Crippen molar-refractivity contribution in [2.24, 2.45) is 0 Å². The van der Waals surface area contributed by atoms with Gasteiger partial charge in [0.05, 0.1) is 26.2 Å². The zero-order valence-electron chi connectivity index (χ0n) is 13.6. The largest absolute Gasteiger partial charge is 0.565 e. The summed E-state index contributed by atoms with van der Waals surface area (Å²) >= 11 is 0. The van der Waals surface area contributed by atoms with E-state index in [1.165, 1.54) is 69.2 Å². The standard InChI is InChI=1S/C15H32N.CH2O3/c1-5-9-13-16(12-8-4,14-10-6-2)15-11-7-3;2-1(3)4/h8H,4-7,9-15H2,1-3H3;(H2,2,3,4)/q+1;/p-1. The minimum Gasteiger partial charge on any atom is -0.565 e. The molecule has 0 heterocycles. The van der Waals surface area contributed by atoms with Crippen LogP contribution in [-0.4, -0.2) is 41.9 Å². The maximum absolute atomic E-state index is 8.44. The van der Waals surface area contributed by atoms with Crippen LogP contribution >= 0.6 is 0 Å². The molecule has 4 nitrogen and oxygen atoms in total. The molecule has 0 bridgehead atoms. The van der Waals surface area contributed by atoms with Gasteiger partial charge in [-0.25, -0.2) is 0 Å². The predicted octanol–water partition coefficient (Wildman–Crippen LogP) is 3.28. The van der Waals surface area contributed by atoms with Crippen LogP contribution in [-0.2, 0) is 0 Å². The van der Waals surface area contributed by atoms with Crippen molar-refractivity contribution < 1.29 is 19.5 Å². The first-order chi connectivity index (χ1) is 9.47. The molecule has 0 amide bonds. The summed E-state index contributed by atoms with van der Waals surface area (Å²) in [6, 6.07) is 0. The first-order valence-corrected chi connectivity index (χ1v) is 7.83. The summed E-state index contributed by atoms with van der Waals surface area (Å²) in [4.78, 5) is 8.44. The van der Waals surface area contributed by atoms with Crippen molar-refractivity contribution in [2.75, 3.05) is 26.2 Å². The average molecular weight is 287 g/mol. The Morgan fingerprint density at radius 2 is 1.35 bits per heavy atom. The molecule has 0 fully saturated rings. The quantitative estimate of drug-likeness (QED) is 0.468. The van der Waals surface area contributed by atoms with Crippen LogP contribution in [0.3, 0.4) is 0 Å². The zero-order valence-corrected chi connectivity index (χ0v) is 13.6. The van der Waals surface area contributed by atoms with Crippen molar-refractivity contribution in [3.63, 3.8) is 0 Å². The number of unbranched alkanes of at least 4 members (excludes halogenated alkanes) is 3. The zero-order chi connectivity index (χ0) is 15.9. The van der Waals surface area contributed by atoms with E-state index >= 15 is 0 Å². The first-order valence-electron chi connectivity index (χ1n) is 7.83. The highest BCUT2D eigenvalue weighted by Gasteiger charge is 2.23. The van der Waals surface area contributed by atoms with Crippen molar-refractivity contribution >= 4 is 6.16 Å². The van der Waals surface area contributed by atoms with Gasteiger partial charge in [0.2, 0.25) is 6.16 Å². The lowest BCUT2D eigenvalue weighted by atomic mass is 10.1. The van der Waals surface area contributed by atoms with Crippen LogP contribution in [0.25, 0.3) is 0 Å². The van der Waals surface area contributed by atoms with Crippen LogP contribution in [0.4, 0.5) is 4.79 Å². The smallest absolute Gasteiger partial charge is 0.249 e. The fraction of sp³-hybridized carbons (Fsp3) is 0.812. The number of hydrogen-bond donors (Lipinski definition) is 1. The van der Waals surface area contributed by atoms with Gasteiger partial charge in [0.15, 0.2) is 0 Å². The third-order valence-electron chi connectivity index (χ3n) is 3.47. The molecule has 20 heavy (non-hydrogen) atoms.